The standard InChI is InChI=1S/C22H23N3O3/c1-27-17-11-9-16(10-12-17)19-15-21(28-24-19)20-8-3-2-6-14-25(20)22(26)18-7-4-5-13-23-18/h4-5,7,9-13,15,20H,2-3,6,8,14H2,1H3/t20-/m0/s1. The summed E-state index contributed by atoms with van der Waals surface area (Å²) in [7, 11) is 1.64. The number of rotatable bonds is 4. The molecule has 1 saturated heterocycles. The molecule has 1 aliphatic rings. The van der Waals surface area contributed by atoms with Gasteiger partial charge in [0.15, 0.2) is 5.76 Å². The fraction of sp³-hybridized carbons (Fsp3) is 0.318. The van der Waals surface area contributed by atoms with Crippen molar-refractivity contribution < 1.29 is 14.1 Å². The molecule has 1 aromatic carbocycles. The van der Waals surface area contributed by atoms with Crippen LogP contribution in [0.4, 0.5) is 0 Å². The van der Waals surface area contributed by atoms with Gasteiger partial charge in [-0.1, -0.05) is 24.1 Å². The number of ether oxygens (including phenoxy) is 1. The molecule has 1 aliphatic heterocycles. The molecule has 0 unspecified atom stereocenters. The molecule has 0 spiro atoms. The zero-order chi connectivity index (χ0) is 19.3. The summed E-state index contributed by atoms with van der Waals surface area (Å²) in [5, 5.41) is 4.24. The third-order valence-corrected chi connectivity index (χ3v) is 5.14. The molecule has 0 saturated carbocycles. The van der Waals surface area contributed by atoms with Gasteiger partial charge in [-0.15, -0.1) is 0 Å². The van der Waals surface area contributed by atoms with Crippen LogP contribution < -0.4 is 4.74 Å². The predicted molar refractivity (Wildman–Crippen MR) is 105 cm³/mol. The van der Waals surface area contributed by atoms with E-state index in [1.54, 1.807) is 19.4 Å². The number of carbonyl (C=O) groups excluding carboxylic acids is 1. The topological polar surface area (TPSA) is 68.5 Å². The number of hydrogen-bond donors (Lipinski definition) is 0. The van der Waals surface area contributed by atoms with Gasteiger partial charge in [0, 0.05) is 24.4 Å². The van der Waals surface area contributed by atoms with Crippen molar-refractivity contribution in [3.05, 3.63) is 66.2 Å². The first-order valence-electron chi connectivity index (χ1n) is 9.59. The van der Waals surface area contributed by atoms with E-state index >= 15 is 0 Å². The van der Waals surface area contributed by atoms with Crippen LogP contribution in [0.25, 0.3) is 11.3 Å². The van der Waals surface area contributed by atoms with Crippen LogP contribution >= 0.6 is 0 Å². The van der Waals surface area contributed by atoms with Gasteiger partial charge in [-0.05, 0) is 49.2 Å². The first-order chi connectivity index (χ1) is 13.8. The SMILES string of the molecule is COc1ccc(-c2cc([C@@H]3CCCCCN3C(=O)c3ccccn3)on2)cc1. The molecule has 1 fully saturated rings. The number of hydrogen-bond acceptors (Lipinski definition) is 5. The summed E-state index contributed by atoms with van der Waals surface area (Å²) in [6.45, 7) is 0.693. The second-order valence-electron chi connectivity index (χ2n) is 6.92. The van der Waals surface area contributed by atoms with E-state index < -0.39 is 0 Å². The minimum atomic E-state index is -0.128. The van der Waals surface area contributed by atoms with Crippen molar-refractivity contribution in [2.75, 3.05) is 13.7 Å². The molecule has 2 aromatic heterocycles. The minimum absolute atomic E-state index is 0.0603. The number of aromatic nitrogens is 2. The van der Waals surface area contributed by atoms with Crippen LogP contribution in [0.3, 0.4) is 0 Å². The van der Waals surface area contributed by atoms with E-state index in [2.05, 4.69) is 10.1 Å². The van der Waals surface area contributed by atoms with Gasteiger partial charge < -0.3 is 14.2 Å². The Morgan fingerprint density at radius 3 is 2.75 bits per heavy atom. The Balaban J connectivity index is 1.61. The molecule has 28 heavy (non-hydrogen) atoms. The van der Waals surface area contributed by atoms with Crippen molar-refractivity contribution in [3.8, 4) is 17.0 Å². The van der Waals surface area contributed by atoms with Gasteiger partial charge in [0.2, 0.25) is 0 Å². The molecule has 3 aromatic rings. The monoisotopic (exact) mass is 377 g/mol. The van der Waals surface area contributed by atoms with Crippen LogP contribution in [-0.2, 0) is 0 Å². The largest absolute Gasteiger partial charge is 0.497 e. The van der Waals surface area contributed by atoms with E-state index in [1.807, 2.05) is 47.4 Å². The summed E-state index contributed by atoms with van der Waals surface area (Å²) in [5.41, 5.74) is 2.17. The molecule has 4 rings (SSSR count). The molecule has 1 atom stereocenters. The number of methoxy groups -OCH3 is 1. The van der Waals surface area contributed by atoms with E-state index in [1.165, 1.54) is 0 Å². The lowest BCUT2D eigenvalue weighted by Gasteiger charge is -2.27. The Hall–Kier alpha value is -3.15. The molecule has 0 bridgehead atoms. The molecule has 3 heterocycles. The molecule has 6 nitrogen and oxygen atoms in total. The Kier molecular flexibility index (Phi) is 5.37. The lowest BCUT2D eigenvalue weighted by atomic mass is 10.1. The van der Waals surface area contributed by atoms with E-state index in [-0.39, 0.29) is 11.9 Å². The molecular weight excluding hydrogens is 354 g/mol. The zero-order valence-corrected chi connectivity index (χ0v) is 15.9. The minimum Gasteiger partial charge on any atom is -0.497 e. The summed E-state index contributed by atoms with van der Waals surface area (Å²) in [5.74, 6) is 1.45. The normalized spacial score (nSPS) is 17.2. The molecule has 0 aliphatic carbocycles. The molecule has 6 heteroatoms. The Morgan fingerprint density at radius 2 is 2.00 bits per heavy atom. The lowest BCUT2D eigenvalue weighted by molar-refractivity contribution is 0.0645. The molecule has 1 amide bonds. The fourth-order valence-corrected chi connectivity index (χ4v) is 3.63. The maximum atomic E-state index is 13.1. The summed E-state index contributed by atoms with van der Waals surface area (Å²) >= 11 is 0. The van der Waals surface area contributed by atoms with Gasteiger partial charge in [0.25, 0.3) is 5.91 Å². The van der Waals surface area contributed by atoms with E-state index in [9.17, 15) is 4.79 Å². The lowest BCUT2D eigenvalue weighted by Crippen LogP contribution is -2.35. The average molecular weight is 377 g/mol. The Labute approximate surface area is 164 Å². The van der Waals surface area contributed by atoms with Gasteiger partial charge in [-0.3, -0.25) is 9.78 Å². The molecule has 0 radical (unpaired) electrons. The van der Waals surface area contributed by atoms with Crippen LogP contribution in [-0.4, -0.2) is 34.6 Å². The number of amides is 1. The summed E-state index contributed by atoms with van der Waals surface area (Å²) in [6.07, 6.45) is 5.64. The van der Waals surface area contributed by atoms with Crippen molar-refractivity contribution in [2.24, 2.45) is 0 Å². The first kappa shape index (κ1) is 18.2. The molecule has 144 valence electrons. The van der Waals surface area contributed by atoms with Crippen molar-refractivity contribution in [2.45, 2.75) is 31.7 Å². The highest BCUT2D eigenvalue weighted by molar-refractivity contribution is 5.92. The highest BCUT2D eigenvalue weighted by Gasteiger charge is 2.31. The number of carbonyl (C=O) groups is 1. The summed E-state index contributed by atoms with van der Waals surface area (Å²) < 4.78 is 10.9. The smallest absolute Gasteiger partial charge is 0.273 e. The number of benzene rings is 1. The quantitative estimate of drug-likeness (QED) is 0.669. The maximum absolute atomic E-state index is 13.1. The second kappa shape index (κ2) is 8.25. The molecular formula is C22H23N3O3. The van der Waals surface area contributed by atoms with Crippen molar-refractivity contribution in [1.29, 1.82) is 0 Å². The Bertz CT molecular complexity index is 922. The zero-order valence-electron chi connectivity index (χ0n) is 15.9. The van der Waals surface area contributed by atoms with Crippen LogP contribution in [0.1, 0.15) is 48.0 Å². The summed E-state index contributed by atoms with van der Waals surface area (Å²) in [4.78, 5) is 19.2. The van der Waals surface area contributed by atoms with E-state index in [0.29, 0.717) is 12.2 Å². The van der Waals surface area contributed by atoms with E-state index in [0.717, 1.165) is 48.5 Å². The van der Waals surface area contributed by atoms with Gasteiger partial charge >= 0.3 is 0 Å². The van der Waals surface area contributed by atoms with Crippen LogP contribution in [0.5, 0.6) is 5.75 Å². The average Bonchev–Trinajstić information content (AvgIpc) is 3.12. The van der Waals surface area contributed by atoms with Crippen molar-refractivity contribution >= 4 is 5.91 Å². The highest BCUT2D eigenvalue weighted by atomic mass is 16.5. The number of likely N-dealkylation sites (tertiary alicyclic amines) is 1. The maximum Gasteiger partial charge on any atom is 0.273 e. The summed E-state index contributed by atoms with van der Waals surface area (Å²) in [6, 6.07) is 14.9. The van der Waals surface area contributed by atoms with Gasteiger partial charge in [0.1, 0.15) is 17.1 Å². The van der Waals surface area contributed by atoms with E-state index in [4.69, 9.17) is 9.26 Å². The molecule has 0 N–H and O–H groups in total. The van der Waals surface area contributed by atoms with Crippen LogP contribution in [0, 0.1) is 0 Å². The third kappa shape index (κ3) is 3.76. The second-order valence-corrected chi connectivity index (χ2v) is 6.92. The van der Waals surface area contributed by atoms with Crippen molar-refractivity contribution in [3.63, 3.8) is 0 Å². The van der Waals surface area contributed by atoms with Crippen molar-refractivity contribution in [1.82, 2.24) is 15.0 Å². The number of nitrogens with zero attached hydrogens (tertiary/aromatic N) is 3. The van der Waals surface area contributed by atoms with Gasteiger partial charge in [0.05, 0.1) is 13.2 Å². The number of pyridine rings is 1. The Morgan fingerprint density at radius 1 is 1.14 bits per heavy atom. The highest BCUT2D eigenvalue weighted by Crippen LogP contribution is 2.33. The van der Waals surface area contributed by atoms with Crippen LogP contribution in [0.15, 0.2) is 59.3 Å². The van der Waals surface area contributed by atoms with Crippen LogP contribution in [0.2, 0.25) is 0 Å². The predicted octanol–water partition coefficient (Wildman–Crippen LogP) is 4.50. The van der Waals surface area contributed by atoms with Gasteiger partial charge in [-0.2, -0.15) is 0 Å². The van der Waals surface area contributed by atoms with Gasteiger partial charge in [-0.25, -0.2) is 0 Å². The fourth-order valence-electron chi connectivity index (χ4n) is 3.63. The first-order valence-corrected chi connectivity index (χ1v) is 9.59. The third-order valence-electron chi connectivity index (χ3n) is 5.14.